The number of hydrogen-bond donors (Lipinski definition) is 1. The highest BCUT2D eigenvalue weighted by Gasteiger charge is 2.46. The van der Waals surface area contributed by atoms with E-state index in [0.717, 1.165) is 6.08 Å². The van der Waals surface area contributed by atoms with Gasteiger partial charge in [-0.15, -0.1) is 0 Å². The van der Waals surface area contributed by atoms with Gasteiger partial charge in [-0.05, 0) is 23.8 Å². The van der Waals surface area contributed by atoms with Gasteiger partial charge in [-0.25, -0.2) is 0 Å². The minimum atomic E-state index is -1.93. The Balaban J connectivity index is 2.83. The number of nitrogens with zero attached hydrogens (tertiary/aromatic N) is 1. The second-order valence-corrected chi connectivity index (χ2v) is 3.84. The Labute approximate surface area is 102 Å². The fourth-order valence-electron chi connectivity index (χ4n) is 1.27. The minimum absolute atomic E-state index is 0.0684. The van der Waals surface area contributed by atoms with E-state index in [1.165, 1.54) is 19.3 Å². The molecule has 0 spiro atoms. The number of nitro groups is 1. The molecule has 1 aliphatic rings. The number of carbonyl (C=O) groups is 1. The first-order valence-electron chi connectivity index (χ1n) is 4.59. The smallest absolute Gasteiger partial charge is 0.369 e. The third kappa shape index (κ3) is 2.95. The van der Waals surface area contributed by atoms with Crippen molar-refractivity contribution < 1.29 is 19.2 Å². The normalized spacial score (nSPS) is 27.4. The molecule has 0 fully saturated rings. The van der Waals surface area contributed by atoms with E-state index in [-0.39, 0.29) is 12.4 Å². The maximum atomic E-state index is 10.8. The summed E-state index contributed by atoms with van der Waals surface area (Å²) >= 11 is 5.78. The average Bonchev–Trinajstić information content (AvgIpc) is 2.27. The maximum absolute atomic E-state index is 10.8. The molecule has 0 aromatic carbocycles. The fourth-order valence-corrected chi connectivity index (χ4v) is 1.48. The zero-order chi connectivity index (χ0) is 13.1. The zero-order valence-corrected chi connectivity index (χ0v) is 9.72. The first-order chi connectivity index (χ1) is 7.90. The Morgan fingerprint density at radius 2 is 2.41 bits per heavy atom. The van der Waals surface area contributed by atoms with Gasteiger partial charge in [-0.1, -0.05) is 0 Å². The molecule has 2 N–H and O–H groups in total. The molecule has 7 nitrogen and oxygen atoms in total. The van der Waals surface area contributed by atoms with Gasteiger partial charge in [0, 0.05) is 6.08 Å². The number of rotatable bonds is 5. The molecule has 0 bridgehead atoms. The lowest BCUT2D eigenvalue weighted by molar-refractivity contribution is -0.522. The van der Waals surface area contributed by atoms with Crippen molar-refractivity contribution in [1.82, 2.24) is 0 Å². The van der Waals surface area contributed by atoms with Gasteiger partial charge in [0.25, 0.3) is 0 Å². The molecule has 0 saturated heterocycles. The van der Waals surface area contributed by atoms with Crippen LogP contribution < -0.4 is 5.73 Å². The highest BCUT2D eigenvalue weighted by Crippen LogP contribution is 2.32. The van der Waals surface area contributed by atoms with Crippen molar-refractivity contribution in [1.29, 1.82) is 0 Å². The molecule has 8 heteroatoms. The van der Waals surface area contributed by atoms with Gasteiger partial charge in [0.2, 0.25) is 5.91 Å². The summed E-state index contributed by atoms with van der Waals surface area (Å²) < 4.78 is 9.90. The van der Waals surface area contributed by atoms with E-state index >= 15 is 0 Å². The Hall–Kier alpha value is -1.60. The van der Waals surface area contributed by atoms with Gasteiger partial charge < -0.3 is 15.2 Å². The quantitative estimate of drug-likeness (QED) is 0.250. The molecule has 2 unspecified atom stereocenters. The molecule has 0 heterocycles. The van der Waals surface area contributed by atoms with E-state index in [4.69, 9.17) is 26.8 Å². The Morgan fingerprint density at radius 1 is 1.76 bits per heavy atom. The topological polar surface area (TPSA) is 105 Å². The summed E-state index contributed by atoms with van der Waals surface area (Å²) in [5.41, 5.74) is 4.90. The second-order valence-electron chi connectivity index (χ2n) is 3.27. The lowest BCUT2D eigenvalue weighted by Crippen LogP contribution is -2.36. The van der Waals surface area contributed by atoms with Crippen LogP contribution in [0.25, 0.3) is 0 Å². The first kappa shape index (κ1) is 13.5. The number of ether oxygens (including phenoxy) is 2. The van der Waals surface area contributed by atoms with E-state index in [1.54, 1.807) is 0 Å². The lowest BCUT2D eigenvalue weighted by atomic mass is 10.1. The van der Waals surface area contributed by atoms with E-state index in [2.05, 4.69) is 0 Å². The molecule has 0 aromatic rings. The van der Waals surface area contributed by atoms with Gasteiger partial charge in [0.1, 0.15) is 6.61 Å². The Morgan fingerprint density at radius 3 is 2.88 bits per heavy atom. The van der Waals surface area contributed by atoms with Gasteiger partial charge in [0.15, 0.2) is 5.76 Å². The molecule has 1 rings (SSSR count). The zero-order valence-electron chi connectivity index (χ0n) is 8.96. The van der Waals surface area contributed by atoms with Crippen LogP contribution >= 0.6 is 11.6 Å². The molecule has 0 saturated carbocycles. The average molecular weight is 263 g/mol. The molecule has 17 heavy (non-hydrogen) atoms. The molecular formula is C9H11ClN2O5. The summed E-state index contributed by atoms with van der Waals surface area (Å²) in [4.78, 5) is 18.7. The molecular weight excluding hydrogens is 252 g/mol. The van der Waals surface area contributed by atoms with Crippen molar-refractivity contribution in [3.8, 4) is 0 Å². The van der Waals surface area contributed by atoms with Crippen LogP contribution in [0.1, 0.15) is 0 Å². The molecule has 1 amide bonds. The second kappa shape index (κ2) is 5.15. The summed E-state index contributed by atoms with van der Waals surface area (Å²) in [6.07, 6.45) is 3.18. The largest absolute Gasteiger partial charge is 0.492 e. The summed E-state index contributed by atoms with van der Waals surface area (Å²) in [6.45, 7) is -0.295. The lowest BCUT2D eigenvalue weighted by Gasteiger charge is -2.22. The Bertz CT molecular complexity index is 395. The van der Waals surface area contributed by atoms with Crippen LogP contribution in [0.2, 0.25) is 0 Å². The number of amides is 1. The van der Waals surface area contributed by atoms with Gasteiger partial charge >= 0.3 is 5.00 Å². The van der Waals surface area contributed by atoms with Crippen molar-refractivity contribution in [2.75, 3.05) is 13.7 Å². The minimum Gasteiger partial charge on any atom is -0.492 e. The van der Waals surface area contributed by atoms with E-state index < -0.39 is 21.9 Å². The van der Waals surface area contributed by atoms with Crippen LogP contribution in [0.3, 0.4) is 0 Å². The Kier molecular flexibility index (Phi) is 4.08. The third-order valence-corrected chi connectivity index (χ3v) is 2.52. The standard InChI is InChI=1S/C9H11ClN2O5/c1-16-7-4-6(17-5-8(11)13)2-3-9(7,10)12(14)15/h2-4,6H,5H2,1H3,(H2,11,13). The van der Waals surface area contributed by atoms with Crippen LogP contribution in [-0.2, 0) is 14.3 Å². The number of hydrogen-bond acceptors (Lipinski definition) is 5. The van der Waals surface area contributed by atoms with E-state index in [0.29, 0.717) is 0 Å². The predicted octanol–water partition coefficient (Wildman–Crippen LogP) is 0.169. The molecule has 0 radical (unpaired) electrons. The van der Waals surface area contributed by atoms with Crippen LogP contribution in [-0.4, -0.2) is 35.6 Å². The van der Waals surface area contributed by atoms with Crippen molar-refractivity contribution >= 4 is 17.5 Å². The third-order valence-electron chi connectivity index (χ3n) is 2.07. The fraction of sp³-hybridized carbons (Fsp3) is 0.444. The number of methoxy groups -OCH3 is 1. The van der Waals surface area contributed by atoms with Crippen molar-refractivity contribution in [3.05, 3.63) is 34.1 Å². The van der Waals surface area contributed by atoms with E-state index in [1.807, 2.05) is 0 Å². The van der Waals surface area contributed by atoms with Gasteiger partial charge in [-0.2, -0.15) is 0 Å². The highest BCUT2D eigenvalue weighted by atomic mass is 35.5. The highest BCUT2D eigenvalue weighted by molar-refractivity contribution is 6.25. The van der Waals surface area contributed by atoms with Crippen LogP contribution in [0.15, 0.2) is 24.0 Å². The molecule has 2 atom stereocenters. The number of alkyl halides is 1. The number of carbonyl (C=O) groups excluding carboxylic acids is 1. The summed E-state index contributed by atoms with van der Waals surface area (Å²) in [5, 5.41) is 10.8. The molecule has 0 aliphatic heterocycles. The first-order valence-corrected chi connectivity index (χ1v) is 4.97. The molecule has 1 aliphatic carbocycles. The summed E-state index contributed by atoms with van der Waals surface area (Å²) in [5.74, 6) is -0.705. The molecule has 94 valence electrons. The predicted molar refractivity (Wildman–Crippen MR) is 58.7 cm³/mol. The molecule has 0 aromatic heterocycles. The van der Waals surface area contributed by atoms with E-state index in [9.17, 15) is 14.9 Å². The van der Waals surface area contributed by atoms with Crippen molar-refractivity contribution in [2.24, 2.45) is 5.73 Å². The summed E-state index contributed by atoms with van der Waals surface area (Å²) in [7, 11) is 1.26. The maximum Gasteiger partial charge on any atom is 0.369 e. The van der Waals surface area contributed by atoms with Gasteiger partial charge in [0.05, 0.1) is 18.1 Å². The van der Waals surface area contributed by atoms with Crippen molar-refractivity contribution in [3.63, 3.8) is 0 Å². The number of halogens is 1. The van der Waals surface area contributed by atoms with Crippen LogP contribution in [0.5, 0.6) is 0 Å². The van der Waals surface area contributed by atoms with Crippen LogP contribution in [0.4, 0.5) is 0 Å². The monoisotopic (exact) mass is 262 g/mol. The van der Waals surface area contributed by atoms with Gasteiger partial charge in [-0.3, -0.25) is 14.9 Å². The number of nitrogens with two attached hydrogens (primary N) is 1. The van der Waals surface area contributed by atoms with Crippen LogP contribution in [0, 0.1) is 10.1 Å². The SMILES string of the molecule is COC1=CC(OCC(N)=O)C=CC1(Cl)[N+](=O)[O-]. The summed E-state index contributed by atoms with van der Waals surface area (Å²) in [6, 6.07) is 0. The number of primary amides is 1. The van der Waals surface area contributed by atoms with Crippen molar-refractivity contribution in [2.45, 2.75) is 11.1 Å².